The fraction of sp³-hybridized carbons (Fsp3) is 0.111. The van der Waals surface area contributed by atoms with Gasteiger partial charge in [-0.05, 0) is 12.1 Å². The number of rotatable bonds is 1. The lowest BCUT2D eigenvalue weighted by molar-refractivity contribution is 0.141. The molecular formula is C9H4Cl2F2N2. The van der Waals surface area contributed by atoms with Gasteiger partial charge in [0.2, 0.25) is 0 Å². The van der Waals surface area contributed by atoms with Crippen molar-refractivity contribution in [3.05, 3.63) is 34.2 Å². The topological polar surface area (TPSA) is 25.8 Å². The van der Waals surface area contributed by atoms with Crippen LogP contribution in [0.2, 0.25) is 10.2 Å². The van der Waals surface area contributed by atoms with Gasteiger partial charge in [0.25, 0.3) is 6.43 Å². The summed E-state index contributed by atoms with van der Waals surface area (Å²) in [7, 11) is 0. The Hall–Kier alpha value is -1.00. The van der Waals surface area contributed by atoms with Crippen LogP contribution in [0.3, 0.4) is 0 Å². The number of hydrogen-bond donors (Lipinski definition) is 0. The molecule has 78 valence electrons. The van der Waals surface area contributed by atoms with Crippen LogP contribution in [0, 0.1) is 0 Å². The van der Waals surface area contributed by atoms with Gasteiger partial charge in [0.15, 0.2) is 5.82 Å². The molecule has 1 aromatic carbocycles. The van der Waals surface area contributed by atoms with E-state index in [2.05, 4.69) is 9.97 Å². The van der Waals surface area contributed by atoms with Gasteiger partial charge in [-0.1, -0.05) is 29.3 Å². The fourth-order valence-corrected chi connectivity index (χ4v) is 1.65. The number of alkyl halides is 2. The first-order valence-corrected chi connectivity index (χ1v) is 4.75. The Labute approximate surface area is 93.9 Å². The maximum Gasteiger partial charge on any atom is 0.297 e. The van der Waals surface area contributed by atoms with E-state index in [1.165, 1.54) is 0 Å². The van der Waals surface area contributed by atoms with Crippen molar-refractivity contribution in [2.75, 3.05) is 0 Å². The van der Waals surface area contributed by atoms with Gasteiger partial charge in [-0.15, -0.1) is 0 Å². The number of aromatic nitrogens is 2. The Balaban J connectivity index is 2.80. The fourth-order valence-electron chi connectivity index (χ4n) is 1.19. The Bertz CT molecular complexity index is 517. The standard InChI is InChI=1S/C9H4Cl2F2N2/c10-5-3-1-2-4-6(5)14-9(8(12)13)15-7(4)11/h1-3,8H. The summed E-state index contributed by atoms with van der Waals surface area (Å²) in [5.74, 6) is -0.611. The van der Waals surface area contributed by atoms with Crippen molar-refractivity contribution < 1.29 is 8.78 Å². The van der Waals surface area contributed by atoms with E-state index >= 15 is 0 Å². The third-order valence-electron chi connectivity index (χ3n) is 1.84. The average Bonchev–Trinajstić information content (AvgIpc) is 2.19. The summed E-state index contributed by atoms with van der Waals surface area (Å²) in [5.41, 5.74) is 0.245. The molecule has 0 fully saturated rings. The number of hydrogen-bond acceptors (Lipinski definition) is 2. The number of fused-ring (bicyclic) bond motifs is 1. The maximum atomic E-state index is 12.4. The highest BCUT2D eigenvalue weighted by atomic mass is 35.5. The zero-order valence-corrected chi connectivity index (χ0v) is 8.73. The number of nitrogens with zero attached hydrogens (tertiary/aromatic N) is 2. The number of benzene rings is 1. The Kier molecular flexibility index (Phi) is 2.71. The minimum absolute atomic E-state index is 0.0159. The van der Waals surface area contributed by atoms with E-state index in [0.29, 0.717) is 5.39 Å². The molecular weight excluding hydrogens is 245 g/mol. The third-order valence-corrected chi connectivity index (χ3v) is 2.44. The minimum Gasteiger partial charge on any atom is -0.226 e. The van der Waals surface area contributed by atoms with E-state index in [9.17, 15) is 8.78 Å². The highest BCUT2D eigenvalue weighted by Crippen LogP contribution is 2.28. The van der Waals surface area contributed by atoms with Crippen molar-refractivity contribution in [3.8, 4) is 0 Å². The summed E-state index contributed by atoms with van der Waals surface area (Å²) in [5, 5.41) is 0.727. The van der Waals surface area contributed by atoms with E-state index in [1.807, 2.05) is 0 Å². The average molecular weight is 249 g/mol. The van der Waals surface area contributed by atoms with Crippen molar-refractivity contribution in [1.82, 2.24) is 9.97 Å². The monoisotopic (exact) mass is 248 g/mol. The lowest BCUT2D eigenvalue weighted by atomic mass is 10.2. The molecule has 0 atom stereocenters. The van der Waals surface area contributed by atoms with Crippen LogP contribution < -0.4 is 0 Å². The highest BCUT2D eigenvalue weighted by molar-refractivity contribution is 6.38. The van der Waals surface area contributed by atoms with Crippen LogP contribution in [0.4, 0.5) is 8.78 Å². The van der Waals surface area contributed by atoms with Crippen molar-refractivity contribution in [3.63, 3.8) is 0 Å². The van der Waals surface area contributed by atoms with Gasteiger partial charge in [0.05, 0.1) is 10.5 Å². The predicted octanol–water partition coefficient (Wildman–Crippen LogP) is 3.87. The predicted molar refractivity (Wildman–Crippen MR) is 54.5 cm³/mol. The molecule has 0 bridgehead atoms. The van der Waals surface area contributed by atoms with Gasteiger partial charge in [-0.2, -0.15) is 0 Å². The summed E-state index contributed by atoms with van der Waals surface area (Å²) in [6.45, 7) is 0. The van der Waals surface area contributed by atoms with Crippen LogP contribution in [0.25, 0.3) is 10.9 Å². The summed E-state index contributed by atoms with van der Waals surface area (Å²) in [6, 6.07) is 4.84. The molecule has 1 aromatic heterocycles. The second-order valence-corrected chi connectivity index (χ2v) is 3.57. The molecule has 0 spiro atoms. The molecule has 0 aliphatic heterocycles. The third kappa shape index (κ3) is 1.87. The lowest BCUT2D eigenvalue weighted by Gasteiger charge is -2.04. The van der Waals surface area contributed by atoms with Gasteiger partial charge in [-0.3, -0.25) is 0 Å². The van der Waals surface area contributed by atoms with E-state index in [-0.39, 0.29) is 15.7 Å². The molecule has 0 aliphatic carbocycles. The first kappa shape index (κ1) is 10.5. The molecule has 0 saturated heterocycles. The largest absolute Gasteiger partial charge is 0.297 e. The summed E-state index contributed by atoms with van der Waals surface area (Å²) in [4.78, 5) is 7.15. The van der Waals surface area contributed by atoms with Crippen molar-refractivity contribution >= 4 is 34.1 Å². The van der Waals surface area contributed by atoms with Crippen molar-refractivity contribution in [1.29, 1.82) is 0 Å². The molecule has 0 N–H and O–H groups in total. The van der Waals surface area contributed by atoms with E-state index in [4.69, 9.17) is 23.2 Å². The summed E-state index contributed by atoms with van der Waals surface area (Å²) >= 11 is 11.5. The van der Waals surface area contributed by atoms with Crippen LogP contribution in [-0.2, 0) is 0 Å². The van der Waals surface area contributed by atoms with Crippen LogP contribution in [0.1, 0.15) is 12.2 Å². The Morgan fingerprint density at radius 3 is 2.53 bits per heavy atom. The van der Waals surface area contributed by atoms with Gasteiger partial charge in [-0.25, -0.2) is 18.7 Å². The zero-order valence-electron chi connectivity index (χ0n) is 7.22. The molecule has 0 unspecified atom stereocenters. The first-order chi connectivity index (χ1) is 7.09. The molecule has 2 nitrogen and oxygen atoms in total. The Morgan fingerprint density at radius 2 is 1.87 bits per heavy atom. The van der Waals surface area contributed by atoms with E-state index < -0.39 is 12.2 Å². The van der Waals surface area contributed by atoms with Gasteiger partial charge in [0.1, 0.15) is 5.15 Å². The van der Waals surface area contributed by atoms with E-state index in [1.54, 1.807) is 18.2 Å². The molecule has 0 aliphatic rings. The van der Waals surface area contributed by atoms with Gasteiger partial charge in [0, 0.05) is 5.39 Å². The second kappa shape index (κ2) is 3.87. The van der Waals surface area contributed by atoms with Crippen LogP contribution in [0.5, 0.6) is 0 Å². The minimum atomic E-state index is -2.76. The molecule has 2 rings (SSSR count). The van der Waals surface area contributed by atoms with Crippen LogP contribution >= 0.6 is 23.2 Å². The maximum absolute atomic E-state index is 12.4. The summed E-state index contributed by atoms with van der Waals surface area (Å²) in [6.07, 6.45) is -2.76. The van der Waals surface area contributed by atoms with Crippen LogP contribution in [0.15, 0.2) is 18.2 Å². The van der Waals surface area contributed by atoms with Crippen LogP contribution in [-0.4, -0.2) is 9.97 Å². The number of halogens is 4. The van der Waals surface area contributed by atoms with Crippen molar-refractivity contribution in [2.24, 2.45) is 0 Å². The number of para-hydroxylation sites is 1. The molecule has 2 aromatic rings. The molecule has 1 heterocycles. The van der Waals surface area contributed by atoms with Gasteiger partial charge >= 0.3 is 0 Å². The molecule has 0 amide bonds. The molecule has 0 saturated carbocycles. The first-order valence-electron chi connectivity index (χ1n) is 3.99. The van der Waals surface area contributed by atoms with E-state index in [0.717, 1.165) is 0 Å². The SMILES string of the molecule is FC(F)c1nc(Cl)c2cccc(Cl)c2n1. The zero-order chi connectivity index (χ0) is 11.0. The Morgan fingerprint density at radius 1 is 1.13 bits per heavy atom. The normalized spacial score (nSPS) is 11.3. The summed E-state index contributed by atoms with van der Waals surface area (Å²) < 4.78 is 24.8. The second-order valence-electron chi connectivity index (χ2n) is 2.81. The van der Waals surface area contributed by atoms with Crippen molar-refractivity contribution in [2.45, 2.75) is 6.43 Å². The molecule has 0 radical (unpaired) electrons. The molecule has 15 heavy (non-hydrogen) atoms. The quantitative estimate of drug-likeness (QED) is 0.717. The lowest BCUT2D eigenvalue weighted by Crippen LogP contribution is -1.97. The smallest absolute Gasteiger partial charge is 0.226 e. The highest BCUT2D eigenvalue weighted by Gasteiger charge is 2.15. The van der Waals surface area contributed by atoms with Gasteiger partial charge < -0.3 is 0 Å². The molecule has 6 heteroatoms.